The van der Waals surface area contributed by atoms with Crippen LogP contribution in [0.25, 0.3) is 5.78 Å². The van der Waals surface area contributed by atoms with E-state index in [0.29, 0.717) is 57.8 Å². The van der Waals surface area contributed by atoms with Gasteiger partial charge in [-0.1, -0.05) is 0 Å². The van der Waals surface area contributed by atoms with E-state index in [-0.39, 0.29) is 29.2 Å². The van der Waals surface area contributed by atoms with Gasteiger partial charge >= 0.3 is 0 Å². The third kappa shape index (κ3) is 4.42. The van der Waals surface area contributed by atoms with E-state index in [4.69, 9.17) is 0 Å². The second-order valence-electron chi connectivity index (χ2n) is 8.32. The van der Waals surface area contributed by atoms with Crippen molar-refractivity contribution < 1.29 is 23.5 Å². The van der Waals surface area contributed by atoms with E-state index >= 15 is 0 Å². The second kappa shape index (κ2) is 9.02. The number of aromatic nitrogens is 4. The number of hydrogen-bond acceptors (Lipinski definition) is 7. The van der Waals surface area contributed by atoms with E-state index in [9.17, 15) is 23.5 Å². The number of aliphatic hydroxyl groups excluding tert-OH is 1. The molecule has 0 unspecified atom stereocenters. The van der Waals surface area contributed by atoms with Crippen LogP contribution in [0.15, 0.2) is 6.07 Å². The highest BCUT2D eigenvalue weighted by atomic mass is 19.3. The largest absolute Gasteiger partial charge is 0.391 e. The second-order valence-corrected chi connectivity index (χ2v) is 8.32. The molecule has 2 atom stereocenters. The van der Waals surface area contributed by atoms with Gasteiger partial charge in [0, 0.05) is 57.9 Å². The molecule has 2 amide bonds. The minimum atomic E-state index is -2.78. The Hall–Kier alpha value is -2.73. The number of carbonyl (C=O) groups excluding carboxylic acids is 2. The summed E-state index contributed by atoms with van der Waals surface area (Å²) in [6.07, 6.45) is -2.45. The van der Waals surface area contributed by atoms with Crippen LogP contribution in [0.1, 0.15) is 48.2 Å². The normalized spacial score (nSPS) is 23.1. The van der Waals surface area contributed by atoms with Crippen molar-refractivity contribution in [1.29, 1.82) is 0 Å². The molecule has 2 aromatic rings. The van der Waals surface area contributed by atoms with Crippen LogP contribution in [0.3, 0.4) is 0 Å². The van der Waals surface area contributed by atoms with Crippen molar-refractivity contribution in [2.45, 2.75) is 45.3 Å². The molecule has 2 fully saturated rings. The van der Waals surface area contributed by atoms with Crippen molar-refractivity contribution >= 4 is 17.6 Å². The minimum Gasteiger partial charge on any atom is -0.391 e. The van der Waals surface area contributed by atoms with Crippen LogP contribution in [0, 0.1) is 6.92 Å². The Morgan fingerprint density at radius 3 is 2.41 bits per heavy atom. The van der Waals surface area contributed by atoms with Crippen molar-refractivity contribution in [3.05, 3.63) is 23.3 Å². The Balaban J connectivity index is 1.47. The molecule has 2 aromatic heterocycles. The first-order valence-electron chi connectivity index (χ1n) is 10.7. The predicted octanol–water partition coefficient (Wildman–Crippen LogP) is 0.500. The van der Waals surface area contributed by atoms with Crippen LogP contribution in [0.4, 0.5) is 8.78 Å². The molecule has 0 radical (unpaired) electrons. The van der Waals surface area contributed by atoms with Crippen molar-refractivity contribution in [3.63, 3.8) is 0 Å². The summed E-state index contributed by atoms with van der Waals surface area (Å²) < 4.78 is 27.6. The quantitative estimate of drug-likeness (QED) is 0.724. The van der Waals surface area contributed by atoms with Crippen LogP contribution in [0.5, 0.6) is 0 Å². The first-order chi connectivity index (χ1) is 15.2. The van der Waals surface area contributed by atoms with Gasteiger partial charge in [0.2, 0.25) is 11.7 Å². The zero-order valence-corrected chi connectivity index (χ0v) is 18.1. The molecule has 4 rings (SSSR count). The van der Waals surface area contributed by atoms with Crippen LogP contribution >= 0.6 is 0 Å². The van der Waals surface area contributed by atoms with Crippen LogP contribution < -0.4 is 0 Å². The van der Waals surface area contributed by atoms with Gasteiger partial charge in [0.15, 0.2) is 0 Å². The number of carbonyl (C=O) groups is 2. The summed E-state index contributed by atoms with van der Waals surface area (Å²) in [5.74, 6) is -0.655. The van der Waals surface area contributed by atoms with Crippen molar-refractivity contribution in [1.82, 2.24) is 34.3 Å². The lowest BCUT2D eigenvalue weighted by Crippen LogP contribution is -2.54. The number of alkyl halides is 2. The summed E-state index contributed by atoms with van der Waals surface area (Å²) in [5, 5.41) is 14.7. The maximum atomic E-state index is 13.4. The third-order valence-corrected chi connectivity index (χ3v) is 6.23. The van der Waals surface area contributed by atoms with Crippen molar-refractivity contribution in [3.8, 4) is 0 Å². The minimum absolute atomic E-state index is 0.0419. The van der Waals surface area contributed by atoms with Gasteiger partial charge in [0.05, 0.1) is 6.10 Å². The molecule has 4 heterocycles. The molecule has 0 saturated carbocycles. The number of hydrogen-bond donors (Lipinski definition) is 1. The fourth-order valence-electron chi connectivity index (χ4n) is 4.47. The molecule has 1 N–H and O–H groups in total. The standard InChI is InChI=1S/C20H27F2N7O3/c1-12-11-15(17(21)22)29-20(23-12)24-18(25-29)19(32)28-5-3-14(16(31)4-6-28)27-9-7-26(8-10-27)13(2)30/h11,14,16-17,31H,3-10H2,1-2H3/t14-,16-/m0/s1. The van der Waals surface area contributed by atoms with Gasteiger partial charge < -0.3 is 14.9 Å². The fraction of sp³-hybridized carbons (Fsp3) is 0.650. The molecular formula is C20H27F2N7O3. The Labute approximate surface area is 183 Å². The van der Waals surface area contributed by atoms with Crippen molar-refractivity contribution in [2.24, 2.45) is 0 Å². The molecule has 2 saturated heterocycles. The summed E-state index contributed by atoms with van der Waals surface area (Å²) in [5.41, 5.74) is -0.0000818. The summed E-state index contributed by atoms with van der Waals surface area (Å²) in [7, 11) is 0. The average molecular weight is 451 g/mol. The molecule has 2 aliphatic heterocycles. The number of fused-ring (bicyclic) bond motifs is 1. The molecule has 32 heavy (non-hydrogen) atoms. The van der Waals surface area contributed by atoms with E-state index in [1.807, 2.05) is 0 Å². The highest BCUT2D eigenvalue weighted by molar-refractivity contribution is 5.90. The van der Waals surface area contributed by atoms with Gasteiger partial charge in [-0.05, 0) is 25.8 Å². The number of nitrogens with zero attached hydrogens (tertiary/aromatic N) is 7. The first kappa shape index (κ1) is 22.5. The van der Waals surface area contributed by atoms with E-state index < -0.39 is 18.4 Å². The van der Waals surface area contributed by atoms with Gasteiger partial charge in [-0.15, -0.1) is 5.10 Å². The lowest BCUT2D eigenvalue weighted by molar-refractivity contribution is -0.131. The van der Waals surface area contributed by atoms with Gasteiger partial charge in [-0.2, -0.15) is 9.50 Å². The predicted molar refractivity (Wildman–Crippen MR) is 109 cm³/mol. The van der Waals surface area contributed by atoms with E-state index in [1.165, 1.54) is 6.07 Å². The molecule has 174 valence electrons. The monoisotopic (exact) mass is 451 g/mol. The zero-order valence-electron chi connectivity index (χ0n) is 18.1. The third-order valence-electron chi connectivity index (χ3n) is 6.23. The summed E-state index contributed by atoms with van der Waals surface area (Å²) in [6.45, 7) is 6.40. The Kier molecular flexibility index (Phi) is 6.33. The van der Waals surface area contributed by atoms with E-state index in [0.717, 1.165) is 4.52 Å². The first-order valence-corrected chi connectivity index (χ1v) is 10.7. The maximum Gasteiger partial charge on any atom is 0.293 e. The van der Waals surface area contributed by atoms with Gasteiger partial charge in [0.25, 0.3) is 18.1 Å². The highest BCUT2D eigenvalue weighted by Crippen LogP contribution is 2.22. The van der Waals surface area contributed by atoms with Crippen LogP contribution in [-0.2, 0) is 4.79 Å². The number of aryl methyl sites for hydroxylation is 1. The number of amides is 2. The summed E-state index contributed by atoms with van der Waals surface area (Å²) >= 11 is 0. The van der Waals surface area contributed by atoms with Gasteiger partial charge in [0.1, 0.15) is 5.69 Å². The van der Waals surface area contributed by atoms with Crippen molar-refractivity contribution in [2.75, 3.05) is 39.3 Å². The number of likely N-dealkylation sites (tertiary alicyclic amines) is 1. The molecule has 12 heteroatoms. The lowest BCUT2D eigenvalue weighted by atomic mass is 10.0. The number of aliphatic hydroxyl groups is 1. The van der Waals surface area contributed by atoms with Gasteiger partial charge in [-0.3, -0.25) is 14.5 Å². The summed E-state index contributed by atoms with van der Waals surface area (Å²) in [4.78, 5) is 38.3. The smallest absolute Gasteiger partial charge is 0.293 e. The molecular weight excluding hydrogens is 424 g/mol. The highest BCUT2D eigenvalue weighted by Gasteiger charge is 2.34. The van der Waals surface area contributed by atoms with E-state index in [2.05, 4.69) is 20.0 Å². The molecule has 0 aliphatic carbocycles. The molecule has 2 aliphatic rings. The Morgan fingerprint density at radius 1 is 1.06 bits per heavy atom. The van der Waals surface area contributed by atoms with Crippen LogP contribution in [0.2, 0.25) is 0 Å². The topological polar surface area (TPSA) is 107 Å². The van der Waals surface area contributed by atoms with Crippen LogP contribution in [-0.4, -0.2) is 103 Å². The Bertz CT molecular complexity index is 1010. The fourth-order valence-corrected chi connectivity index (χ4v) is 4.47. The molecule has 0 aromatic carbocycles. The number of piperazine rings is 1. The zero-order chi connectivity index (χ0) is 23.0. The molecule has 10 nitrogen and oxygen atoms in total. The lowest BCUT2D eigenvalue weighted by Gasteiger charge is -2.40. The summed E-state index contributed by atoms with van der Waals surface area (Å²) in [6, 6.07) is 1.10. The molecule has 0 bridgehead atoms. The number of rotatable bonds is 3. The average Bonchev–Trinajstić information content (AvgIpc) is 3.08. The number of halogens is 2. The Morgan fingerprint density at radius 2 is 1.75 bits per heavy atom. The van der Waals surface area contributed by atoms with Gasteiger partial charge in [-0.25, -0.2) is 13.8 Å². The van der Waals surface area contributed by atoms with E-state index in [1.54, 1.807) is 23.6 Å². The SMILES string of the molecule is CC(=O)N1CCN([C@H]2CCN(C(=O)c3nc4nc(C)cc(C(F)F)n4n3)CC[C@@H]2O)CC1. The maximum absolute atomic E-state index is 13.4. The molecule has 0 spiro atoms.